The van der Waals surface area contributed by atoms with Gasteiger partial charge in [0.15, 0.2) is 0 Å². The summed E-state index contributed by atoms with van der Waals surface area (Å²) in [7, 11) is 0. The zero-order valence-corrected chi connectivity index (χ0v) is 13.2. The summed E-state index contributed by atoms with van der Waals surface area (Å²) in [6.07, 6.45) is 0.915. The van der Waals surface area contributed by atoms with Gasteiger partial charge in [-0.2, -0.15) is 0 Å². The molecule has 0 radical (unpaired) electrons. The van der Waals surface area contributed by atoms with Crippen LogP contribution in [0, 0.1) is 0 Å². The number of hydrogen-bond acceptors (Lipinski definition) is 2. The lowest BCUT2D eigenvalue weighted by atomic mass is 9.99. The molecule has 0 atom stereocenters. The molecule has 2 aromatic carbocycles. The second-order valence-corrected chi connectivity index (χ2v) is 5.92. The Morgan fingerprint density at radius 3 is 2.86 bits per heavy atom. The zero-order valence-electron chi connectivity index (χ0n) is 11.6. The molecule has 0 unspecified atom stereocenters. The zero-order chi connectivity index (χ0) is 14.7. The summed E-state index contributed by atoms with van der Waals surface area (Å²) in [5, 5.41) is 0. The van der Waals surface area contributed by atoms with Gasteiger partial charge in [-0.15, -0.1) is 0 Å². The lowest BCUT2D eigenvalue weighted by Gasteiger charge is -2.28. The summed E-state index contributed by atoms with van der Waals surface area (Å²) in [5.74, 6) is 0.920. The molecule has 3 rings (SSSR count). The van der Waals surface area contributed by atoms with E-state index in [1.165, 1.54) is 0 Å². The van der Waals surface area contributed by atoms with E-state index in [1.807, 2.05) is 53.4 Å². The van der Waals surface area contributed by atoms with E-state index in [2.05, 4.69) is 15.9 Å². The van der Waals surface area contributed by atoms with Gasteiger partial charge in [-0.3, -0.25) is 4.79 Å². The van der Waals surface area contributed by atoms with Crippen molar-refractivity contribution in [2.45, 2.75) is 6.42 Å². The van der Waals surface area contributed by atoms with Crippen LogP contribution in [-0.2, 0) is 6.42 Å². The maximum atomic E-state index is 12.4. The summed E-state index contributed by atoms with van der Waals surface area (Å²) in [5.41, 5.74) is 1.97. The van der Waals surface area contributed by atoms with Crippen LogP contribution in [0.1, 0.15) is 15.9 Å². The second-order valence-electron chi connectivity index (χ2n) is 5.01. The highest BCUT2D eigenvalue weighted by atomic mass is 79.9. The van der Waals surface area contributed by atoms with E-state index in [4.69, 9.17) is 4.74 Å². The van der Waals surface area contributed by atoms with Crippen LogP contribution in [-0.4, -0.2) is 30.5 Å². The number of ether oxygens (including phenoxy) is 1. The quantitative estimate of drug-likeness (QED) is 0.848. The molecule has 21 heavy (non-hydrogen) atoms. The summed E-state index contributed by atoms with van der Waals surface area (Å²) in [6, 6.07) is 15.6. The standard InChI is InChI=1S/C17H16BrNO2/c18-14-5-3-6-15(12-14)21-11-10-19-9-8-13-4-1-2-7-16(13)17(19)20/h1-7,12H,8-11H2. The lowest BCUT2D eigenvalue weighted by Crippen LogP contribution is -2.40. The fraction of sp³-hybridized carbons (Fsp3) is 0.235. The predicted molar refractivity (Wildman–Crippen MR) is 85.7 cm³/mol. The van der Waals surface area contributed by atoms with E-state index in [9.17, 15) is 4.79 Å². The Balaban J connectivity index is 1.58. The third-order valence-corrected chi connectivity index (χ3v) is 4.11. The highest BCUT2D eigenvalue weighted by molar-refractivity contribution is 9.10. The molecule has 0 aromatic heterocycles. The molecule has 0 bridgehead atoms. The Bertz CT molecular complexity index is 657. The third-order valence-electron chi connectivity index (χ3n) is 3.61. The average Bonchev–Trinajstić information content (AvgIpc) is 2.50. The molecule has 1 heterocycles. The van der Waals surface area contributed by atoms with Crippen LogP contribution in [0.5, 0.6) is 5.75 Å². The van der Waals surface area contributed by atoms with Crippen molar-refractivity contribution in [1.82, 2.24) is 4.90 Å². The monoisotopic (exact) mass is 345 g/mol. The van der Waals surface area contributed by atoms with Crippen molar-refractivity contribution in [3.63, 3.8) is 0 Å². The van der Waals surface area contributed by atoms with Crippen LogP contribution in [0.25, 0.3) is 0 Å². The van der Waals surface area contributed by atoms with E-state index in [0.717, 1.165) is 34.3 Å². The molecular weight excluding hydrogens is 330 g/mol. The van der Waals surface area contributed by atoms with Crippen molar-refractivity contribution in [2.75, 3.05) is 19.7 Å². The average molecular weight is 346 g/mol. The topological polar surface area (TPSA) is 29.5 Å². The fourth-order valence-electron chi connectivity index (χ4n) is 2.52. The van der Waals surface area contributed by atoms with Gasteiger partial charge in [-0.05, 0) is 36.2 Å². The molecule has 3 nitrogen and oxygen atoms in total. The maximum absolute atomic E-state index is 12.4. The van der Waals surface area contributed by atoms with Crippen LogP contribution < -0.4 is 4.74 Å². The van der Waals surface area contributed by atoms with Gasteiger partial charge in [0, 0.05) is 16.6 Å². The molecule has 2 aromatic rings. The first-order chi connectivity index (χ1) is 10.2. The molecule has 1 amide bonds. The molecular formula is C17H16BrNO2. The number of fused-ring (bicyclic) bond motifs is 1. The van der Waals surface area contributed by atoms with Gasteiger partial charge in [-0.25, -0.2) is 0 Å². The van der Waals surface area contributed by atoms with Crippen molar-refractivity contribution in [3.05, 3.63) is 64.1 Å². The Hall–Kier alpha value is -1.81. The molecule has 0 aliphatic carbocycles. The first-order valence-electron chi connectivity index (χ1n) is 6.99. The van der Waals surface area contributed by atoms with Gasteiger partial charge in [0.05, 0.1) is 6.54 Å². The summed E-state index contributed by atoms with van der Waals surface area (Å²) < 4.78 is 6.69. The summed E-state index contributed by atoms with van der Waals surface area (Å²) in [4.78, 5) is 14.2. The summed E-state index contributed by atoms with van der Waals surface area (Å²) >= 11 is 3.41. The fourth-order valence-corrected chi connectivity index (χ4v) is 2.90. The number of benzene rings is 2. The number of nitrogens with zero attached hydrogens (tertiary/aromatic N) is 1. The number of amides is 1. The van der Waals surface area contributed by atoms with Gasteiger partial charge in [0.2, 0.25) is 0 Å². The molecule has 1 aliphatic heterocycles. The van der Waals surface area contributed by atoms with Gasteiger partial charge < -0.3 is 9.64 Å². The molecule has 0 saturated carbocycles. The maximum Gasteiger partial charge on any atom is 0.254 e. The number of hydrogen-bond donors (Lipinski definition) is 0. The van der Waals surface area contributed by atoms with E-state index in [1.54, 1.807) is 0 Å². The van der Waals surface area contributed by atoms with Crippen LogP contribution in [0.2, 0.25) is 0 Å². The number of halogens is 1. The van der Waals surface area contributed by atoms with E-state index < -0.39 is 0 Å². The smallest absolute Gasteiger partial charge is 0.254 e. The SMILES string of the molecule is O=C1c2ccccc2CCN1CCOc1cccc(Br)c1. The molecule has 108 valence electrons. The van der Waals surface area contributed by atoms with Gasteiger partial charge in [0.1, 0.15) is 12.4 Å². The largest absolute Gasteiger partial charge is 0.492 e. The van der Waals surface area contributed by atoms with Gasteiger partial charge in [-0.1, -0.05) is 40.2 Å². The Kier molecular flexibility index (Phi) is 4.25. The molecule has 0 N–H and O–H groups in total. The van der Waals surface area contributed by atoms with Crippen LogP contribution in [0.4, 0.5) is 0 Å². The number of rotatable bonds is 4. The highest BCUT2D eigenvalue weighted by Gasteiger charge is 2.23. The molecule has 1 aliphatic rings. The van der Waals surface area contributed by atoms with Crippen molar-refractivity contribution < 1.29 is 9.53 Å². The van der Waals surface area contributed by atoms with Crippen LogP contribution in [0.15, 0.2) is 53.0 Å². The van der Waals surface area contributed by atoms with Crippen LogP contribution in [0.3, 0.4) is 0 Å². The van der Waals surface area contributed by atoms with Gasteiger partial charge >= 0.3 is 0 Å². The van der Waals surface area contributed by atoms with Crippen molar-refractivity contribution in [1.29, 1.82) is 0 Å². The Labute approximate surface area is 132 Å². The van der Waals surface area contributed by atoms with Crippen molar-refractivity contribution in [2.24, 2.45) is 0 Å². The van der Waals surface area contributed by atoms with E-state index >= 15 is 0 Å². The first-order valence-corrected chi connectivity index (χ1v) is 7.79. The molecule has 4 heteroatoms. The Morgan fingerprint density at radius 1 is 1.14 bits per heavy atom. The van der Waals surface area contributed by atoms with E-state index in [-0.39, 0.29) is 5.91 Å². The minimum absolute atomic E-state index is 0.106. The van der Waals surface area contributed by atoms with Crippen LogP contribution >= 0.6 is 15.9 Å². The Morgan fingerprint density at radius 2 is 2.00 bits per heavy atom. The molecule has 0 saturated heterocycles. The highest BCUT2D eigenvalue weighted by Crippen LogP contribution is 2.20. The predicted octanol–water partition coefficient (Wildman–Crippen LogP) is 3.53. The normalized spacial score (nSPS) is 14.0. The summed E-state index contributed by atoms with van der Waals surface area (Å²) in [6.45, 7) is 1.88. The lowest BCUT2D eigenvalue weighted by molar-refractivity contribution is 0.0713. The minimum atomic E-state index is 0.106. The van der Waals surface area contributed by atoms with E-state index in [0.29, 0.717) is 13.2 Å². The minimum Gasteiger partial charge on any atom is -0.492 e. The second kappa shape index (κ2) is 6.31. The number of carbonyl (C=O) groups excluding carboxylic acids is 1. The van der Waals surface area contributed by atoms with Crippen molar-refractivity contribution >= 4 is 21.8 Å². The third kappa shape index (κ3) is 3.27. The molecule has 0 spiro atoms. The molecule has 0 fully saturated rings. The van der Waals surface area contributed by atoms with Gasteiger partial charge in [0.25, 0.3) is 5.91 Å². The number of carbonyl (C=O) groups is 1. The first kappa shape index (κ1) is 14.1. The van der Waals surface area contributed by atoms with Crippen molar-refractivity contribution in [3.8, 4) is 5.75 Å².